The van der Waals surface area contributed by atoms with Gasteiger partial charge in [0.2, 0.25) is 5.91 Å². The minimum absolute atomic E-state index is 0.119. The molecule has 0 fully saturated rings. The van der Waals surface area contributed by atoms with E-state index in [1.807, 2.05) is 6.92 Å². The SMILES string of the molecule is CCOCOC[C@H](C[C@H](C)C(=O)NO)N(C)C(=O)c1ccc(Br)cc1. The molecule has 0 radical (unpaired) electrons. The smallest absolute Gasteiger partial charge is 0.253 e. The lowest BCUT2D eigenvalue weighted by molar-refractivity contribution is -0.133. The average Bonchev–Trinajstić information content (AvgIpc) is 2.62. The Hall–Kier alpha value is -1.48. The van der Waals surface area contributed by atoms with Crippen LogP contribution in [0, 0.1) is 5.92 Å². The summed E-state index contributed by atoms with van der Waals surface area (Å²) >= 11 is 3.34. The summed E-state index contributed by atoms with van der Waals surface area (Å²) in [5.74, 6) is -1.15. The van der Waals surface area contributed by atoms with Crippen molar-refractivity contribution in [2.75, 3.05) is 27.1 Å². The van der Waals surface area contributed by atoms with Gasteiger partial charge in [0, 0.05) is 29.6 Å². The molecule has 25 heavy (non-hydrogen) atoms. The van der Waals surface area contributed by atoms with Crippen molar-refractivity contribution in [1.29, 1.82) is 0 Å². The van der Waals surface area contributed by atoms with E-state index >= 15 is 0 Å². The monoisotopic (exact) mass is 416 g/mol. The van der Waals surface area contributed by atoms with Crippen LogP contribution >= 0.6 is 15.9 Å². The summed E-state index contributed by atoms with van der Waals surface area (Å²) in [6.45, 7) is 4.41. The number of carbonyl (C=O) groups excluding carboxylic acids is 2. The first kappa shape index (κ1) is 21.6. The molecule has 7 nitrogen and oxygen atoms in total. The van der Waals surface area contributed by atoms with Crippen LogP contribution in [0.3, 0.4) is 0 Å². The summed E-state index contributed by atoms with van der Waals surface area (Å²) in [5, 5.41) is 8.78. The number of hydrogen-bond donors (Lipinski definition) is 2. The van der Waals surface area contributed by atoms with E-state index in [0.717, 1.165) is 4.47 Å². The van der Waals surface area contributed by atoms with Gasteiger partial charge in [0.25, 0.3) is 5.91 Å². The highest BCUT2D eigenvalue weighted by molar-refractivity contribution is 9.10. The second kappa shape index (κ2) is 11.2. The molecule has 0 aliphatic heterocycles. The number of amides is 2. The summed E-state index contributed by atoms with van der Waals surface area (Å²) < 4.78 is 11.5. The average molecular weight is 417 g/mol. The van der Waals surface area contributed by atoms with Gasteiger partial charge in [-0.15, -0.1) is 0 Å². The number of nitrogens with one attached hydrogen (secondary N) is 1. The van der Waals surface area contributed by atoms with Crippen LogP contribution < -0.4 is 5.48 Å². The quantitative estimate of drug-likeness (QED) is 0.264. The number of carbonyl (C=O) groups is 2. The molecule has 0 saturated carbocycles. The molecule has 0 spiro atoms. The van der Waals surface area contributed by atoms with Gasteiger partial charge < -0.3 is 14.4 Å². The first-order valence-corrected chi connectivity index (χ1v) is 8.82. The summed E-state index contributed by atoms with van der Waals surface area (Å²) in [6.07, 6.45) is 0.345. The molecule has 0 aromatic heterocycles. The van der Waals surface area contributed by atoms with E-state index in [0.29, 0.717) is 18.6 Å². The Morgan fingerprint density at radius 2 is 1.92 bits per heavy atom. The summed E-state index contributed by atoms with van der Waals surface area (Å²) in [5.41, 5.74) is 2.18. The fourth-order valence-corrected chi connectivity index (χ4v) is 2.52. The van der Waals surface area contributed by atoms with Gasteiger partial charge in [0.05, 0.1) is 12.6 Å². The normalized spacial score (nSPS) is 13.2. The lowest BCUT2D eigenvalue weighted by Gasteiger charge is -2.30. The second-order valence-corrected chi connectivity index (χ2v) is 6.59. The van der Waals surface area contributed by atoms with Crippen molar-refractivity contribution in [2.45, 2.75) is 26.3 Å². The molecule has 0 bridgehead atoms. The Morgan fingerprint density at radius 1 is 1.28 bits per heavy atom. The predicted molar refractivity (Wildman–Crippen MR) is 96.2 cm³/mol. The van der Waals surface area contributed by atoms with E-state index in [9.17, 15) is 9.59 Å². The Kier molecular flexibility index (Phi) is 9.66. The fraction of sp³-hybridized carbons (Fsp3) is 0.529. The molecule has 0 aliphatic rings. The number of nitrogens with zero attached hydrogens (tertiary/aromatic N) is 1. The van der Waals surface area contributed by atoms with Crippen LogP contribution in [0.25, 0.3) is 0 Å². The van der Waals surface area contributed by atoms with Crippen molar-refractivity contribution < 1.29 is 24.3 Å². The van der Waals surface area contributed by atoms with Crippen molar-refractivity contribution in [3.63, 3.8) is 0 Å². The summed E-state index contributed by atoms with van der Waals surface area (Å²) in [6, 6.07) is 6.70. The number of hydroxylamine groups is 1. The highest BCUT2D eigenvalue weighted by Crippen LogP contribution is 2.17. The first-order valence-electron chi connectivity index (χ1n) is 8.02. The summed E-state index contributed by atoms with van der Waals surface area (Å²) in [7, 11) is 1.67. The topological polar surface area (TPSA) is 88.1 Å². The molecule has 0 unspecified atom stereocenters. The van der Waals surface area contributed by atoms with Crippen LogP contribution in [0.15, 0.2) is 28.7 Å². The minimum atomic E-state index is -0.501. The first-order chi connectivity index (χ1) is 11.9. The molecule has 0 saturated heterocycles. The number of hydrogen-bond acceptors (Lipinski definition) is 5. The van der Waals surface area contributed by atoms with Gasteiger partial charge in [-0.3, -0.25) is 14.8 Å². The molecule has 8 heteroatoms. The van der Waals surface area contributed by atoms with Gasteiger partial charge in [-0.25, -0.2) is 5.48 Å². The van der Waals surface area contributed by atoms with Crippen molar-refractivity contribution in [3.8, 4) is 0 Å². The van der Waals surface area contributed by atoms with E-state index in [2.05, 4.69) is 15.9 Å². The molecule has 1 rings (SSSR count). The lowest BCUT2D eigenvalue weighted by Crippen LogP contribution is -2.43. The highest BCUT2D eigenvalue weighted by atomic mass is 79.9. The molecule has 1 aromatic rings. The fourth-order valence-electron chi connectivity index (χ4n) is 2.25. The molecule has 0 aliphatic carbocycles. The summed E-state index contributed by atoms with van der Waals surface area (Å²) in [4.78, 5) is 25.8. The molecular weight excluding hydrogens is 392 g/mol. The van der Waals surface area contributed by atoms with Crippen LogP contribution in [0.1, 0.15) is 30.6 Å². The number of benzene rings is 1. The maximum absolute atomic E-state index is 12.7. The van der Waals surface area contributed by atoms with E-state index in [4.69, 9.17) is 14.7 Å². The van der Waals surface area contributed by atoms with Gasteiger partial charge in [0.15, 0.2) is 0 Å². The second-order valence-electron chi connectivity index (χ2n) is 5.67. The number of likely N-dealkylation sites (N-methyl/N-ethyl adjacent to an activating group) is 1. The van der Waals surface area contributed by atoms with Crippen molar-refractivity contribution in [3.05, 3.63) is 34.3 Å². The standard InChI is InChI=1S/C17H25BrN2O5/c1-4-24-11-25-10-15(9-12(2)16(21)19-23)20(3)17(22)13-5-7-14(18)8-6-13/h5-8,12,15,23H,4,9-11H2,1-3H3,(H,19,21)/t12-,15-/m0/s1. The van der Waals surface area contributed by atoms with Crippen molar-refractivity contribution in [1.82, 2.24) is 10.4 Å². The Labute approximate surface area is 156 Å². The predicted octanol–water partition coefficient (Wildman–Crippen LogP) is 2.43. The van der Waals surface area contributed by atoms with Gasteiger partial charge in [-0.1, -0.05) is 22.9 Å². The van der Waals surface area contributed by atoms with Gasteiger partial charge in [-0.05, 0) is 37.6 Å². The molecular formula is C17H25BrN2O5. The van der Waals surface area contributed by atoms with Crippen molar-refractivity contribution >= 4 is 27.7 Å². The van der Waals surface area contributed by atoms with E-state index < -0.39 is 11.8 Å². The Balaban J connectivity index is 2.81. The maximum atomic E-state index is 12.7. The zero-order valence-electron chi connectivity index (χ0n) is 14.7. The lowest BCUT2D eigenvalue weighted by atomic mass is 10.00. The third kappa shape index (κ3) is 7.11. The molecule has 2 atom stereocenters. The van der Waals surface area contributed by atoms with Crippen LogP contribution in [-0.2, 0) is 14.3 Å². The van der Waals surface area contributed by atoms with Gasteiger partial charge in [-0.2, -0.15) is 0 Å². The van der Waals surface area contributed by atoms with E-state index in [-0.39, 0.29) is 25.3 Å². The molecule has 140 valence electrons. The van der Waals surface area contributed by atoms with Crippen LogP contribution in [0.2, 0.25) is 0 Å². The van der Waals surface area contributed by atoms with E-state index in [1.54, 1.807) is 48.6 Å². The van der Waals surface area contributed by atoms with Gasteiger partial charge in [0.1, 0.15) is 6.79 Å². The van der Waals surface area contributed by atoms with E-state index in [1.165, 1.54) is 0 Å². The third-order valence-electron chi connectivity index (χ3n) is 3.82. The van der Waals surface area contributed by atoms with Crippen LogP contribution in [0.4, 0.5) is 0 Å². The van der Waals surface area contributed by atoms with Crippen molar-refractivity contribution in [2.24, 2.45) is 5.92 Å². The molecule has 2 N–H and O–H groups in total. The number of halogens is 1. The molecule has 0 heterocycles. The van der Waals surface area contributed by atoms with Crippen LogP contribution in [0.5, 0.6) is 0 Å². The van der Waals surface area contributed by atoms with Crippen LogP contribution in [-0.4, -0.2) is 55.0 Å². The third-order valence-corrected chi connectivity index (χ3v) is 4.35. The Morgan fingerprint density at radius 3 is 2.48 bits per heavy atom. The zero-order chi connectivity index (χ0) is 18.8. The minimum Gasteiger partial charge on any atom is -0.356 e. The largest absolute Gasteiger partial charge is 0.356 e. The number of rotatable bonds is 10. The Bertz CT molecular complexity index is 552. The zero-order valence-corrected chi connectivity index (χ0v) is 16.3. The molecule has 2 amide bonds. The molecule has 1 aromatic carbocycles. The highest BCUT2D eigenvalue weighted by Gasteiger charge is 2.26. The number of ether oxygens (including phenoxy) is 2. The maximum Gasteiger partial charge on any atom is 0.253 e. The van der Waals surface area contributed by atoms with Gasteiger partial charge >= 0.3 is 0 Å².